The molecule has 0 saturated carbocycles. The zero-order chi connectivity index (χ0) is 46.5. The highest BCUT2D eigenvalue weighted by Crippen LogP contribution is 2.21. The monoisotopic (exact) mass is 876 g/mol. The Morgan fingerprint density at radius 2 is 1.18 bits per heavy atom. The molecule has 23 heteroatoms. The van der Waals surface area contributed by atoms with Crippen LogP contribution in [0.2, 0.25) is 0 Å². The molecular weight excluding hydrogens is 820 g/mol. The molecule has 1 fully saturated rings. The smallest absolute Gasteiger partial charge is 0.322 e. The van der Waals surface area contributed by atoms with Crippen LogP contribution in [-0.4, -0.2) is 146 Å². The Morgan fingerprint density at radius 1 is 0.645 bits per heavy atom. The molecule has 1 aromatic rings. The maximum Gasteiger partial charge on any atom is 0.322 e. The van der Waals surface area contributed by atoms with Crippen molar-refractivity contribution in [3.05, 3.63) is 35.9 Å². The van der Waals surface area contributed by atoms with Crippen molar-refractivity contribution in [2.75, 3.05) is 19.6 Å². The zero-order valence-corrected chi connectivity index (χ0v) is 34.4. The molecule has 1 saturated heterocycles. The summed E-state index contributed by atoms with van der Waals surface area (Å²) in [4.78, 5) is 139. The first-order chi connectivity index (χ1) is 29.2. The van der Waals surface area contributed by atoms with Gasteiger partial charge in [-0.3, -0.25) is 52.7 Å². The molecular formula is C39H56N8O15. The zero-order valence-electron chi connectivity index (χ0n) is 34.4. The van der Waals surface area contributed by atoms with Crippen LogP contribution in [0.25, 0.3) is 0 Å². The topological polar surface area (TPSA) is 370 Å². The first-order valence-corrected chi connectivity index (χ1v) is 19.9. The second-order valence-corrected chi connectivity index (χ2v) is 15.0. The fraction of sp³-hybridized carbons (Fsp3) is 0.564. The molecule has 12 N–H and O–H groups in total. The van der Waals surface area contributed by atoms with Gasteiger partial charge in [0.25, 0.3) is 0 Å². The molecule has 0 bridgehead atoms. The Morgan fingerprint density at radius 3 is 1.74 bits per heavy atom. The summed E-state index contributed by atoms with van der Waals surface area (Å²) in [6, 6.07) is 0.154. The predicted octanol–water partition coefficient (Wildman–Crippen LogP) is -2.56. The molecule has 1 aliphatic heterocycles. The van der Waals surface area contributed by atoms with Crippen molar-refractivity contribution in [2.24, 2.45) is 11.7 Å². The second kappa shape index (κ2) is 25.9. The number of nitrogens with zero attached hydrogens (tertiary/aromatic N) is 1. The van der Waals surface area contributed by atoms with Crippen molar-refractivity contribution in [1.29, 1.82) is 0 Å². The summed E-state index contributed by atoms with van der Waals surface area (Å²) in [7, 11) is 0. The molecule has 0 spiro atoms. The standard InChI is InChI=1S/C39H56N8O15/c1-21(2)17-26(45-34(57)23(40)10-13-30(49)50)37(60)43-25(12-15-32(53)54)36(59)46-27(18-22-7-4-3-5-8-22)39(62)47-16-6-9-28(47)38(61)44-24(11-14-31(51)52)35(58)42-19-29(48)41-20-33(55)56/h3-5,7-8,21,23-28H,6,9-20,40H2,1-2H3,(H,41,48)(H,42,58)(H,43,60)(H,44,61)(H,45,57)(H,46,59)(H,49,50)(H,51,52)(H,53,54)(H,55,56)/t23-,24-,25-,26-,27-,28-/m0/s1. The Bertz CT molecular complexity index is 1790. The number of hydrogen-bond donors (Lipinski definition) is 11. The summed E-state index contributed by atoms with van der Waals surface area (Å²) in [5.41, 5.74) is 6.40. The summed E-state index contributed by atoms with van der Waals surface area (Å²) in [6.07, 6.45) is -2.38. The Hall–Kier alpha value is -6.65. The lowest BCUT2D eigenvalue weighted by atomic mass is 10.0. The van der Waals surface area contributed by atoms with Gasteiger partial charge in [0.15, 0.2) is 0 Å². The van der Waals surface area contributed by atoms with Gasteiger partial charge in [-0.2, -0.15) is 0 Å². The number of amides is 7. The highest BCUT2D eigenvalue weighted by atomic mass is 16.4. The Kier molecular flexibility index (Phi) is 21.5. The normalized spacial score (nSPS) is 15.7. The van der Waals surface area contributed by atoms with Crippen LogP contribution in [0.15, 0.2) is 30.3 Å². The van der Waals surface area contributed by atoms with Gasteiger partial charge >= 0.3 is 23.9 Å². The van der Waals surface area contributed by atoms with Gasteiger partial charge in [-0.15, -0.1) is 0 Å². The van der Waals surface area contributed by atoms with E-state index in [1.165, 1.54) is 4.90 Å². The maximum absolute atomic E-state index is 14.4. The van der Waals surface area contributed by atoms with Gasteiger partial charge in [0, 0.05) is 32.2 Å². The SMILES string of the molecule is CC(C)C[C@H](NC(=O)[C@@H](N)CCC(=O)O)C(=O)N[C@@H](CCC(=O)O)C(=O)N[C@@H](Cc1ccccc1)C(=O)N1CCC[C@H]1C(=O)N[C@@H](CCC(=O)O)C(=O)NCC(=O)NCC(=O)O. The Balaban J connectivity index is 2.37. The minimum Gasteiger partial charge on any atom is -0.481 e. The molecule has 1 aromatic carbocycles. The van der Waals surface area contributed by atoms with Gasteiger partial charge in [0.05, 0.1) is 12.6 Å². The quantitative estimate of drug-likeness (QED) is 0.0433. The number of benzene rings is 1. The number of aliphatic carboxylic acids is 4. The molecule has 0 radical (unpaired) electrons. The van der Waals surface area contributed by atoms with Crippen LogP contribution in [-0.2, 0) is 59.2 Å². The van der Waals surface area contributed by atoms with E-state index in [1.54, 1.807) is 44.2 Å². The van der Waals surface area contributed by atoms with Crippen molar-refractivity contribution in [3.8, 4) is 0 Å². The predicted molar refractivity (Wildman–Crippen MR) is 214 cm³/mol. The summed E-state index contributed by atoms with van der Waals surface area (Å²) in [5, 5.41) is 50.7. The summed E-state index contributed by atoms with van der Waals surface area (Å²) in [5.74, 6) is -11.5. The first kappa shape index (κ1) is 51.5. The van der Waals surface area contributed by atoms with Crippen molar-refractivity contribution >= 4 is 65.2 Å². The molecule has 7 amide bonds. The number of hydrogen-bond acceptors (Lipinski definition) is 12. The van der Waals surface area contributed by atoms with E-state index in [9.17, 15) is 63.0 Å². The van der Waals surface area contributed by atoms with Crippen molar-refractivity contribution < 1.29 is 73.2 Å². The third-order valence-electron chi connectivity index (χ3n) is 9.50. The van der Waals surface area contributed by atoms with E-state index in [0.717, 1.165) is 0 Å². The second-order valence-electron chi connectivity index (χ2n) is 15.0. The van der Waals surface area contributed by atoms with Crippen LogP contribution in [0.1, 0.15) is 77.2 Å². The molecule has 342 valence electrons. The molecule has 23 nitrogen and oxygen atoms in total. The lowest BCUT2D eigenvalue weighted by Crippen LogP contribution is -2.60. The number of carbonyl (C=O) groups is 11. The first-order valence-electron chi connectivity index (χ1n) is 19.9. The maximum atomic E-state index is 14.4. The minimum atomic E-state index is -1.56. The molecule has 1 aliphatic rings. The van der Waals surface area contributed by atoms with Crippen LogP contribution in [0.3, 0.4) is 0 Å². The molecule has 0 aromatic heterocycles. The van der Waals surface area contributed by atoms with E-state index in [4.69, 9.17) is 15.9 Å². The van der Waals surface area contributed by atoms with Gasteiger partial charge < -0.3 is 63.0 Å². The molecule has 6 atom stereocenters. The van der Waals surface area contributed by atoms with E-state index in [2.05, 4.69) is 26.6 Å². The van der Waals surface area contributed by atoms with E-state index < -0.39 is 147 Å². The van der Waals surface area contributed by atoms with Crippen molar-refractivity contribution in [3.63, 3.8) is 0 Å². The van der Waals surface area contributed by atoms with Crippen LogP contribution in [0, 0.1) is 5.92 Å². The third kappa shape index (κ3) is 18.7. The van der Waals surface area contributed by atoms with E-state index in [1.807, 2.05) is 5.32 Å². The van der Waals surface area contributed by atoms with Crippen LogP contribution in [0.5, 0.6) is 0 Å². The van der Waals surface area contributed by atoms with E-state index >= 15 is 0 Å². The average Bonchev–Trinajstić information content (AvgIpc) is 3.70. The fourth-order valence-corrected chi connectivity index (χ4v) is 6.36. The summed E-state index contributed by atoms with van der Waals surface area (Å²) >= 11 is 0. The lowest BCUT2D eigenvalue weighted by molar-refractivity contribution is -0.143. The largest absolute Gasteiger partial charge is 0.481 e. The van der Waals surface area contributed by atoms with Gasteiger partial charge in [-0.1, -0.05) is 44.2 Å². The van der Waals surface area contributed by atoms with Crippen LogP contribution >= 0.6 is 0 Å². The highest BCUT2D eigenvalue weighted by molar-refractivity contribution is 5.97. The molecule has 62 heavy (non-hydrogen) atoms. The van der Waals surface area contributed by atoms with Gasteiger partial charge in [0.1, 0.15) is 36.8 Å². The Labute approximate surface area is 356 Å². The molecule has 0 aliphatic carbocycles. The van der Waals surface area contributed by atoms with Gasteiger partial charge in [-0.25, -0.2) is 0 Å². The number of nitrogens with one attached hydrogen (secondary N) is 6. The van der Waals surface area contributed by atoms with Crippen LogP contribution < -0.4 is 37.6 Å². The van der Waals surface area contributed by atoms with Crippen LogP contribution in [0.4, 0.5) is 0 Å². The summed E-state index contributed by atoms with van der Waals surface area (Å²) < 4.78 is 0. The van der Waals surface area contributed by atoms with E-state index in [0.29, 0.717) is 12.0 Å². The lowest BCUT2D eigenvalue weighted by Gasteiger charge is -2.31. The van der Waals surface area contributed by atoms with Crippen molar-refractivity contribution in [1.82, 2.24) is 36.8 Å². The molecule has 2 rings (SSSR count). The minimum absolute atomic E-state index is 0.0121. The fourth-order valence-electron chi connectivity index (χ4n) is 6.36. The van der Waals surface area contributed by atoms with Gasteiger partial charge in [-0.05, 0) is 50.0 Å². The van der Waals surface area contributed by atoms with Crippen molar-refractivity contribution in [2.45, 2.75) is 114 Å². The molecule has 1 heterocycles. The number of rotatable bonds is 27. The summed E-state index contributed by atoms with van der Waals surface area (Å²) in [6.45, 7) is 2.09. The highest BCUT2D eigenvalue weighted by Gasteiger charge is 2.40. The number of nitrogens with two attached hydrogens (primary N) is 1. The number of carboxylic acids is 4. The molecule has 0 unspecified atom stereocenters. The third-order valence-corrected chi connectivity index (χ3v) is 9.50. The number of likely N-dealkylation sites (tertiary alicyclic amines) is 1. The number of carbonyl (C=O) groups excluding carboxylic acids is 7. The van der Waals surface area contributed by atoms with Gasteiger partial charge in [0.2, 0.25) is 41.4 Å². The number of carboxylic acid groups (broad SMARTS) is 4. The van der Waals surface area contributed by atoms with E-state index in [-0.39, 0.29) is 38.1 Å². The average molecular weight is 877 g/mol.